The molecule has 0 radical (unpaired) electrons. The zero-order valence-corrected chi connectivity index (χ0v) is 15.0. The van der Waals surface area contributed by atoms with Crippen LogP contribution in [0.15, 0.2) is 17.1 Å². The molecule has 1 aromatic rings. The number of carbonyl (C=O) groups is 3. The Labute approximate surface area is 158 Å². The number of aromatic nitrogens is 2. The molecule has 0 saturated carbocycles. The number of nitrogens with one attached hydrogen (secondary N) is 1. The number of ether oxygens (including phenoxy) is 3. The van der Waals surface area contributed by atoms with Crippen molar-refractivity contribution in [3.05, 3.63) is 28.3 Å². The summed E-state index contributed by atoms with van der Waals surface area (Å²) in [5.74, 6) is -2.64. The molecule has 2 heterocycles. The Kier molecular flexibility index (Phi) is 6.84. The Morgan fingerprint density at radius 1 is 1.39 bits per heavy atom. The van der Waals surface area contributed by atoms with Gasteiger partial charge < -0.3 is 19.3 Å². The van der Waals surface area contributed by atoms with Crippen LogP contribution < -0.4 is 11.2 Å². The van der Waals surface area contributed by atoms with Crippen molar-refractivity contribution in [2.75, 3.05) is 12.1 Å². The van der Waals surface area contributed by atoms with Crippen LogP contribution in [-0.4, -0.2) is 56.6 Å². The number of carbonyl (C=O) groups excluding carboxylic acids is 2. The van der Waals surface area contributed by atoms with Crippen LogP contribution in [0.2, 0.25) is 0 Å². The van der Waals surface area contributed by atoms with Crippen molar-refractivity contribution in [1.82, 2.24) is 9.55 Å². The van der Waals surface area contributed by atoms with Crippen molar-refractivity contribution in [2.45, 2.75) is 38.7 Å². The minimum absolute atomic E-state index is 0.0677. The predicted molar refractivity (Wildman–Crippen MR) is 91.3 cm³/mol. The molecule has 1 aromatic heterocycles. The molecule has 0 aromatic carbocycles. The Morgan fingerprint density at radius 3 is 2.68 bits per heavy atom. The first kappa shape index (κ1) is 21.1. The summed E-state index contributed by atoms with van der Waals surface area (Å²) >= 11 is 0. The van der Waals surface area contributed by atoms with E-state index in [0.29, 0.717) is 0 Å². The van der Waals surface area contributed by atoms with Crippen molar-refractivity contribution in [2.24, 2.45) is 0 Å². The molecule has 1 aliphatic rings. The highest BCUT2D eigenvalue weighted by Gasteiger charge is 2.40. The lowest BCUT2D eigenvalue weighted by Gasteiger charge is -2.21. The van der Waals surface area contributed by atoms with Crippen molar-refractivity contribution < 1.29 is 38.9 Å². The molecule has 3 atom stereocenters. The van der Waals surface area contributed by atoms with Gasteiger partial charge in [-0.1, -0.05) is 0 Å². The van der Waals surface area contributed by atoms with Gasteiger partial charge in [0.15, 0.2) is 12.0 Å². The summed E-state index contributed by atoms with van der Waals surface area (Å²) < 4.78 is 16.8. The third-order valence-electron chi connectivity index (χ3n) is 3.70. The maximum atomic E-state index is 12.3. The van der Waals surface area contributed by atoms with E-state index in [1.165, 1.54) is 20.0 Å². The Balaban J connectivity index is 2.39. The lowest BCUT2D eigenvalue weighted by molar-refractivity contribution is -0.153. The van der Waals surface area contributed by atoms with E-state index in [4.69, 9.17) is 24.5 Å². The molecule has 1 fully saturated rings. The number of esters is 2. The highest BCUT2D eigenvalue weighted by atomic mass is 16.6. The van der Waals surface area contributed by atoms with Crippen LogP contribution in [0.1, 0.15) is 32.1 Å². The zero-order chi connectivity index (χ0) is 20.8. The van der Waals surface area contributed by atoms with E-state index in [2.05, 4.69) is 4.98 Å². The number of aliphatic carboxylic acids is 1. The van der Waals surface area contributed by atoms with Crippen molar-refractivity contribution in [3.8, 4) is 0 Å². The molecule has 152 valence electrons. The normalized spacial score (nSPS) is 21.5. The minimum Gasteiger partial charge on any atom is -0.478 e. The van der Waals surface area contributed by atoms with Gasteiger partial charge in [-0.2, -0.15) is 4.98 Å². The summed E-state index contributed by atoms with van der Waals surface area (Å²) in [4.78, 5) is 49.1. The molecule has 2 rings (SSSR count). The molecule has 1 saturated heterocycles. The zero-order valence-electron chi connectivity index (χ0n) is 15.0. The first-order chi connectivity index (χ1) is 13.2. The van der Waals surface area contributed by atoms with Crippen molar-refractivity contribution in [1.29, 1.82) is 0 Å². The SMILES string of the molecule is CC(=O)OC[C@@H]1C[C@@H](OC(C)=O)[C@H](n2cc(/C=C/C(=O)O)c(NO)nc2=O)O1. The van der Waals surface area contributed by atoms with Gasteiger partial charge in [-0.05, 0) is 6.08 Å². The van der Waals surface area contributed by atoms with E-state index >= 15 is 0 Å². The van der Waals surface area contributed by atoms with Gasteiger partial charge in [0.05, 0.1) is 6.10 Å². The van der Waals surface area contributed by atoms with E-state index in [1.54, 1.807) is 5.48 Å². The third kappa shape index (κ3) is 5.37. The third-order valence-corrected chi connectivity index (χ3v) is 3.70. The van der Waals surface area contributed by atoms with Crippen molar-refractivity contribution in [3.63, 3.8) is 0 Å². The first-order valence-electron chi connectivity index (χ1n) is 8.11. The van der Waals surface area contributed by atoms with E-state index < -0.39 is 42.0 Å². The molecule has 0 amide bonds. The van der Waals surface area contributed by atoms with Crippen molar-refractivity contribution >= 4 is 29.8 Å². The highest BCUT2D eigenvalue weighted by Crippen LogP contribution is 2.31. The van der Waals surface area contributed by atoms with E-state index in [-0.39, 0.29) is 24.4 Å². The number of hydrogen-bond donors (Lipinski definition) is 3. The smallest absolute Gasteiger partial charge is 0.351 e. The van der Waals surface area contributed by atoms with Gasteiger partial charge in [0, 0.05) is 38.1 Å². The van der Waals surface area contributed by atoms with Crippen LogP contribution >= 0.6 is 0 Å². The fourth-order valence-corrected chi connectivity index (χ4v) is 2.64. The lowest BCUT2D eigenvalue weighted by atomic mass is 10.2. The Morgan fingerprint density at radius 2 is 2.11 bits per heavy atom. The second kappa shape index (κ2) is 9.10. The fourth-order valence-electron chi connectivity index (χ4n) is 2.64. The Bertz CT molecular complexity index is 848. The minimum atomic E-state index is -1.25. The van der Waals surface area contributed by atoms with Crippen LogP contribution in [0, 0.1) is 0 Å². The molecular formula is C16H19N3O9. The molecular weight excluding hydrogens is 378 g/mol. The summed E-state index contributed by atoms with van der Waals surface area (Å²) in [6.45, 7) is 2.32. The number of nitrogens with zero attached hydrogens (tertiary/aromatic N) is 2. The van der Waals surface area contributed by atoms with Gasteiger partial charge >= 0.3 is 23.6 Å². The van der Waals surface area contributed by atoms with Gasteiger partial charge in [0.25, 0.3) is 0 Å². The van der Waals surface area contributed by atoms with Gasteiger partial charge in [-0.25, -0.2) is 9.59 Å². The summed E-state index contributed by atoms with van der Waals surface area (Å²) in [7, 11) is 0. The quantitative estimate of drug-likeness (QED) is 0.320. The average molecular weight is 397 g/mol. The van der Waals surface area contributed by atoms with Crippen LogP contribution in [0.3, 0.4) is 0 Å². The number of carboxylic acids is 1. The molecule has 0 spiro atoms. The second-order valence-corrected chi connectivity index (χ2v) is 5.85. The molecule has 0 aliphatic carbocycles. The summed E-state index contributed by atoms with van der Waals surface area (Å²) in [5, 5.41) is 17.9. The number of rotatable bonds is 7. The molecule has 3 N–H and O–H groups in total. The lowest BCUT2D eigenvalue weighted by Crippen LogP contribution is -2.34. The Hall–Kier alpha value is -3.25. The summed E-state index contributed by atoms with van der Waals surface area (Å²) in [6, 6.07) is 0. The molecule has 28 heavy (non-hydrogen) atoms. The van der Waals surface area contributed by atoms with E-state index in [1.807, 2.05) is 0 Å². The topological polar surface area (TPSA) is 166 Å². The standard InChI is InChI=1S/C16H19N3O9/c1-8(20)26-7-11-5-12(27-9(2)21)15(28-11)19-6-10(3-4-13(22)23)14(18-25)17-16(19)24/h3-4,6,11-12,15,25H,5,7H2,1-2H3,(H,22,23)(H,17,18,24)/b4-3+/t11-,12+,15+/m0/s1. The van der Waals surface area contributed by atoms with Crippen LogP contribution in [0.5, 0.6) is 0 Å². The van der Waals surface area contributed by atoms with Gasteiger partial charge in [-0.15, -0.1) is 0 Å². The molecule has 0 unspecified atom stereocenters. The number of carboxylic acid groups (broad SMARTS) is 1. The fraction of sp³-hybridized carbons (Fsp3) is 0.438. The maximum Gasteiger partial charge on any atom is 0.351 e. The van der Waals surface area contributed by atoms with Gasteiger partial charge in [0.1, 0.15) is 12.7 Å². The number of anilines is 1. The summed E-state index contributed by atoms with van der Waals surface area (Å²) in [6.07, 6.45) is 0.646. The largest absolute Gasteiger partial charge is 0.478 e. The van der Waals surface area contributed by atoms with Crippen LogP contribution in [0.25, 0.3) is 6.08 Å². The molecule has 12 heteroatoms. The first-order valence-corrected chi connectivity index (χ1v) is 8.11. The average Bonchev–Trinajstić information content (AvgIpc) is 3.00. The van der Waals surface area contributed by atoms with E-state index in [9.17, 15) is 19.2 Å². The molecule has 1 aliphatic heterocycles. The summed E-state index contributed by atoms with van der Waals surface area (Å²) in [5.41, 5.74) is 0.930. The molecule has 0 bridgehead atoms. The molecule has 12 nitrogen and oxygen atoms in total. The monoisotopic (exact) mass is 397 g/mol. The maximum absolute atomic E-state index is 12.3. The van der Waals surface area contributed by atoms with Crippen LogP contribution in [0.4, 0.5) is 5.82 Å². The van der Waals surface area contributed by atoms with Crippen LogP contribution in [-0.2, 0) is 28.6 Å². The number of hydrogen-bond acceptors (Lipinski definition) is 10. The highest BCUT2D eigenvalue weighted by molar-refractivity contribution is 5.86. The second-order valence-electron chi connectivity index (χ2n) is 5.85. The predicted octanol–water partition coefficient (Wildman–Crippen LogP) is -0.0755. The van der Waals surface area contributed by atoms with E-state index in [0.717, 1.165) is 16.7 Å². The van der Waals surface area contributed by atoms with Gasteiger partial charge in [0.2, 0.25) is 0 Å². The van der Waals surface area contributed by atoms with Gasteiger partial charge in [-0.3, -0.25) is 24.8 Å².